The van der Waals surface area contributed by atoms with E-state index in [0.717, 1.165) is 21.9 Å². The van der Waals surface area contributed by atoms with Gasteiger partial charge >= 0.3 is 0 Å². The average molecular weight is 341 g/mol. The van der Waals surface area contributed by atoms with Gasteiger partial charge in [0, 0.05) is 28.2 Å². The van der Waals surface area contributed by atoms with Crippen LogP contribution < -0.4 is 0 Å². The number of rotatable bonds is 1. The molecule has 0 aromatic heterocycles. The zero-order chi connectivity index (χ0) is 15.2. The van der Waals surface area contributed by atoms with Crippen molar-refractivity contribution in [3.8, 4) is 0 Å². The van der Waals surface area contributed by atoms with E-state index in [0.29, 0.717) is 5.76 Å². The van der Waals surface area contributed by atoms with Crippen molar-refractivity contribution >= 4 is 16.5 Å². The number of hydrogen-bond acceptors (Lipinski definition) is 1. The molecule has 0 spiro atoms. The second kappa shape index (κ2) is 8.28. The molecule has 0 bridgehead atoms. The summed E-state index contributed by atoms with van der Waals surface area (Å²) in [5.41, 5.74) is 1.75. The van der Waals surface area contributed by atoms with Crippen molar-refractivity contribution in [2.45, 2.75) is 0 Å². The van der Waals surface area contributed by atoms with Gasteiger partial charge in [0.05, 0.1) is 0 Å². The zero-order valence-electron chi connectivity index (χ0n) is 12.5. The summed E-state index contributed by atoms with van der Waals surface area (Å²) in [7, 11) is 0. The first-order valence-corrected chi connectivity index (χ1v) is 7.29. The zero-order valence-corrected chi connectivity index (χ0v) is 13.6. The van der Waals surface area contributed by atoms with Gasteiger partial charge in [-0.3, -0.25) is 0 Å². The molecule has 0 saturated heterocycles. The van der Waals surface area contributed by atoms with Gasteiger partial charge in [-0.2, -0.15) is 18.2 Å². The number of aliphatic hydroxyl groups is 1. The van der Waals surface area contributed by atoms with Gasteiger partial charge in [-0.25, -0.2) is 12.1 Å². The minimum atomic E-state index is 0. The first-order chi connectivity index (χ1) is 10.9. The van der Waals surface area contributed by atoms with E-state index in [1.165, 1.54) is 0 Å². The molecule has 3 aromatic rings. The van der Waals surface area contributed by atoms with Gasteiger partial charge < -0.3 is 5.11 Å². The van der Waals surface area contributed by atoms with Crippen molar-refractivity contribution < 1.29 is 22.2 Å². The molecule has 1 aliphatic rings. The topological polar surface area (TPSA) is 20.2 Å². The second-order valence-corrected chi connectivity index (χ2v) is 5.01. The average Bonchev–Trinajstić information content (AvgIpc) is 3.29. The fraction of sp³-hybridized carbons (Fsp3) is 0. The molecule has 0 saturated carbocycles. The molecule has 0 radical (unpaired) electrons. The Labute approximate surface area is 147 Å². The molecule has 0 fully saturated rings. The van der Waals surface area contributed by atoms with E-state index in [-0.39, 0.29) is 17.1 Å². The van der Waals surface area contributed by atoms with Gasteiger partial charge in [0.1, 0.15) is 5.76 Å². The summed E-state index contributed by atoms with van der Waals surface area (Å²) in [5.74, 6) is 0.340. The van der Waals surface area contributed by atoms with Crippen LogP contribution in [0.15, 0.2) is 103 Å². The summed E-state index contributed by atoms with van der Waals surface area (Å²) >= 11 is 0. The van der Waals surface area contributed by atoms with Gasteiger partial charge in [0.25, 0.3) is 0 Å². The molecular weight excluding hydrogens is 324 g/mol. The Morgan fingerprint density at radius 2 is 1.43 bits per heavy atom. The Hall–Kier alpha value is -2.41. The maximum absolute atomic E-state index is 10.3. The number of fused-ring (bicyclic) bond motifs is 1. The first kappa shape index (κ1) is 17.0. The van der Waals surface area contributed by atoms with Gasteiger partial charge in [-0.15, -0.1) is 0 Å². The molecule has 0 heterocycles. The normalized spacial score (nSPS) is 11.7. The summed E-state index contributed by atoms with van der Waals surface area (Å²) in [6.45, 7) is 0. The number of allylic oxidation sites excluding steroid dienone is 5. The minimum Gasteiger partial charge on any atom is -0.507 e. The summed E-state index contributed by atoms with van der Waals surface area (Å²) in [6.07, 6.45) is 7.68. The van der Waals surface area contributed by atoms with Crippen molar-refractivity contribution in [1.82, 2.24) is 0 Å². The standard InChI is InChI=1S/C16H12O.C5H5.Fe/c17-16(13-7-1-2-8-13)15-11-5-9-12-6-3-4-10-14(12)15;1-2-4-5-3-1;/h1-11,17H;1-5H;/q;-1;. The van der Waals surface area contributed by atoms with Crippen molar-refractivity contribution in [2.24, 2.45) is 0 Å². The van der Waals surface area contributed by atoms with Crippen molar-refractivity contribution in [1.29, 1.82) is 0 Å². The van der Waals surface area contributed by atoms with E-state index >= 15 is 0 Å². The van der Waals surface area contributed by atoms with Crippen LogP contribution in [0.25, 0.3) is 16.5 Å². The van der Waals surface area contributed by atoms with E-state index in [2.05, 4.69) is 12.1 Å². The van der Waals surface area contributed by atoms with Crippen LogP contribution in [0.2, 0.25) is 0 Å². The van der Waals surface area contributed by atoms with Crippen LogP contribution in [0.3, 0.4) is 0 Å². The number of hydrogen-bond donors (Lipinski definition) is 1. The molecule has 0 aliphatic heterocycles. The summed E-state index contributed by atoms with van der Waals surface area (Å²) < 4.78 is 0. The molecule has 1 N–H and O–H groups in total. The van der Waals surface area contributed by atoms with Gasteiger partial charge in [-0.05, 0) is 10.8 Å². The third kappa shape index (κ3) is 4.07. The molecule has 4 rings (SSSR count). The van der Waals surface area contributed by atoms with Crippen LogP contribution in [0.5, 0.6) is 0 Å². The molecular formula is C21H17FeO-. The molecule has 2 heteroatoms. The maximum atomic E-state index is 10.3. The third-order valence-electron chi connectivity index (χ3n) is 3.54. The van der Waals surface area contributed by atoms with Crippen LogP contribution in [0, 0.1) is 0 Å². The van der Waals surface area contributed by atoms with E-state index in [9.17, 15) is 5.11 Å². The summed E-state index contributed by atoms with van der Waals surface area (Å²) in [5, 5.41) is 12.5. The van der Waals surface area contributed by atoms with Crippen LogP contribution in [-0.2, 0) is 17.1 Å². The van der Waals surface area contributed by atoms with E-state index < -0.39 is 0 Å². The SMILES string of the molecule is OC(=C1C=CC=C1)c1cccc2ccccc12.[Fe].c1cc[cH-]c1. The first-order valence-electron chi connectivity index (χ1n) is 7.29. The Balaban J connectivity index is 0.000000276. The number of aliphatic hydroxyl groups excluding tert-OH is 1. The Bertz CT molecular complexity index is 803. The van der Waals surface area contributed by atoms with Crippen LogP contribution >= 0.6 is 0 Å². The maximum Gasteiger partial charge on any atom is 0.130 e. The fourth-order valence-electron chi connectivity index (χ4n) is 2.44. The molecule has 23 heavy (non-hydrogen) atoms. The predicted molar refractivity (Wildman–Crippen MR) is 93.8 cm³/mol. The van der Waals surface area contributed by atoms with Crippen molar-refractivity contribution in [3.63, 3.8) is 0 Å². The second-order valence-electron chi connectivity index (χ2n) is 5.01. The quantitative estimate of drug-likeness (QED) is 0.345. The Morgan fingerprint density at radius 3 is 2.09 bits per heavy atom. The summed E-state index contributed by atoms with van der Waals surface area (Å²) in [6, 6.07) is 24.1. The van der Waals surface area contributed by atoms with Gasteiger partial charge in [0.15, 0.2) is 0 Å². The largest absolute Gasteiger partial charge is 0.507 e. The van der Waals surface area contributed by atoms with E-state index in [4.69, 9.17) is 0 Å². The molecule has 0 atom stereocenters. The van der Waals surface area contributed by atoms with Crippen LogP contribution in [0.4, 0.5) is 0 Å². The minimum absolute atomic E-state index is 0. The smallest absolute Gasteiger partial charge is 0.130 e. The third-order valence-corrected chi connectivity index (χ3v) is 3.54. The molecule has 0 amide bonds. The van der Waals surface area contributed by atoms with Crippen LogP contribution in [0.1, 0.15) is 5.56 Å². The van der Waals surface area contributed by atoms with Crippen molar-refractivity contribution in [3.05, 3.63) is 108 Å². The Morgan fingerprint density at radius 1 is 0.783 bits per heavy atom. The molecule has 116 valence electrons. The Kier molecular flexibility index (Phi) is 6.10. The monoisotopic (exact) mass is 341 g/mol. The fourth-order valence-corrected chi connectivity index (χ4v) is 2.44. The molecule has 1 nitrogen and oxygen atoms in total. The number of benzene rings is 2. The van der Waals surface area contributed by atoms with Gasteiger partial charge in [-0.1, -0.05) is 66.8 Å². The predicted octanol–water partition coefficient (Wildman–Crippen LogP) is 5.64. The van der Waals surface area contributed by atoms with E-state index in [1.54, 1.807) is 0 Å². The van der Waals surface area contributed by atoms with E-state index in [1.807, 2.05) is 85.0 Å². The van der Waals surface area contributed by atoms with Crippen molar-refractivity contribution in [2.75, 3.05) is 0 Å². The van der Waals surface area contributed by atoms with Gasteiger partial charge in [0.2, 0.25) is 0 Å². The van der Waals surface area contributed by atoms with Crippen LogP contribution in [-0.4, -0.2) is 5.11 Å². The molecule has 3 aromatic carbocycles. The molecule has 0 unspecified atom stereocenters. The molecule has 1 aliphatic carbocycles. The summed E-state index contributed by atoms with van der Waals surface area (Å²) in [4.78, 5) is 0.